The number of methoxy groups -OCH3 is 1. The summed E-state index contributed by atoms with van der Waals surface area (Å²) in [5, 5.41) is 0. The molecule has 0 fully saturated rings. The van der Waals surface area contributed by atoms with Gasteiger partial charge in [-0.25, -0.2) is 9.79 Å². The van der Waals surface area contributed by atoms with Crippen molar-refractivity contribution in [3.8, 4) is 0 Å². The van der Waals surface area contributed by atoms with Gasteiger partial charge in [0.05, 0.1) is 12.8 Å². The van der Waals surface area contributed by atoms with E-state index in [9.17, 15) is 4.79 Å². The second kappa shape index (κ2) is 4.40. The minimum Gasteiger partial charge on any atom is -0.465 e. The standard InChI is InChI=1S/C10H11NO2/c1-8-4-3-5-9(6-8)11-7-10(12)13-2/h3-7H,1-2H3. The maximum Gasteiger partial charge on any atom is 0.349 e. The molecular weight excluding hydrogens is 166 g/mol. The molecule has 1 aromatic rings. The van der Waals surface area contributed by atoms with Gasteiger partial charge in [-0.3, -0.25) is 0 Å². The molecule has 0 spiro atoms. The van der Waals surface area contributed by atoms with E-state index in [-0.39, 0.29) is 0 Å². The summed E-state index contributed by atoms with van der Waals surface area (Å²) in [7, 11) is 1.32. The summed E-state index contributed by atoms with van der Waals surface area (Å²) < 4.78 is 4.41. The summed E-state index contributed by atoms with van der Waals surface area (Å²) in [4.78, 5) is 14.6. The first-order valence-electron chi connectivity index (χ1n) is 3.91. The lowest BCUT2D eigenvalue weighted by Crippen LogP contribution is -1.99. The zero-order valence-corrected chi connectivity index (χ0v) is 7.65. The van der Waals surface area contributed by atoms with Crippen LogP contribution in [0.1, 0.15) is 5.56 Å². The van der Waals surface area contributed by atoms with Crippen LogP contribution >= 0.6 is 0 Å². The lowest BCUT2D eigenvalue weighted by molar-refractivity contribution is -0.132. The van der Waals surface area contributed by atoms with E-state index in [1.54, 1.807) is 0 Å². The number of aliphatic imine (C=N–C) groups is 1. The van der Waals surface area contributed by atoms with E-state index < -0.39 is 5.97 Å². The molecule has 3 nitrogen and oxygen atoms in total. The van der Waals surface area contributed by atoms with Gasteiger partial charge >= 0.3 is 5.97 Å². The molecule has 0 saturated heterocycles. The van der Waals surface area contributed by atoms with Crippen molar-refractivity contribution in [2.75, 3.05) is 7.11 Å². The van der Waals surface area contributed by atoms with Gasteiger partial charge < -0.3 is 4.74 Å². The van der Waals surface area contributed by atoms with Gasteiger partial charge in [0, 0.05) is 0 Å². The number of ether oxygens (including phenoxy) is 1. The highest BCUT2D eigenvalue weighted by Crippen LogP contribution is 2.12. The van der Waals surface area contributed by atoms with E-state index in [1.165, 1.54) is 7.11 Å². The van der Waals surface area contributed by atoms with Gasteiger partial charge in [-0.1, -0.05) is 12.1 Å². The van der Waals surface area contributed by atoms with E-state index in [2.05, 4.69) is 9.73 Å². The van der Waals surface area contributed by atoms with Gasteiger partial charge in [-0.2, -0.15) is 0 Å². The minimum absolute atomic E-state index is 0.443. The number of nitrogens with zero attached hydrogens (tertiary/aromatic N) is 1. The van der Waals surface area contributed by atoms with Crippen LogP contribution in [0.3, 0.4) is 0 Å². The fourth-order valence-electron chi connectivity index (χ4n) is 0.888. The Bertz CT molecular complexity index is 331. The summed E-state index contributed by atoms with van der Waals surface area (Å²) in [6, 6.07) is 7.57. The summed E-state index contributed by atoms with van der Waals surface area (Å²) in [6.45, 7) is 1.97. The Balaban J connectivity index is 2.74. The summed E-state index contributed by atoms with van der Waals surface area (Å²) in [5.41, 5.74) is 1.87. The molecule has 0 atom stereocenters. The van der Waals surface area contributed by atoms with E-state index in [1.807, 2.05) is 31.2 Å². The van der Waals surface area contributed by atoms with Crippen molar-refractivity contribution in [3.05, 3.63) is 29.8 Å². The molecule has 0 bridgehead atoms. The van der Waals surface area contributed by atoms with Crippen LogP contribution in [0.5, 0.6) is 0 Å². The maximum absolute atomic E-state index is 10.7. The lowest BCUT2D eigenvalue weighted by atomic mass is 10.2. The Morgan fingerprint density at radius 3 is 2.92 bits per heavy atom. The molecule has 0 unspecified atom stereocenters. The highest BCUT2D eigenvalue weighted by atomic mass is 16.5. The topological polar surface area (TPSA) is 38.7 Å². The largest absolute Gasteiger partial charge is 0.465 e. The zero-order chi connectivity index (χ0) is 9.68. The fraction of sp³-hybridized carbons (Fsp3) is 0.200. The lowest BCUT2D eigenvalue weighted by Gasteiger charge is -1.94. The molecule has 0 aliphatic heterocycles. The van der Waals surface area contributed by atoms with Crippen LogP contribution in [-0.2, 0) is 9.53 Å². The number of hydrogen-bond donors (Lipinski definition) is 0. The van der Waals surface area contributed by atoms with Crippen LogP contribution in [0, 0.1) is 6.92 Å². The van der Waals surface area contributed by atoms with Crippen LogP contribution in [0.4, 0.5) is 5.69 Å². The third-order valence-electron chi connectivity index (χ3n) is 1.52. The summed E-state index contributed by atoms with van der Waals surface area (Å²) in [5.74, 6) is -0.443. The van der Waals surface area contributed by atoms with E-state index >= 15 is 0 Å². The van der Waals surface area contributed by atoms with Crippen molar-refractivity contribution >= 4 is 17.9 Å². The van der Waals surface area contributed by atoms with E-state index in [0.29, 0.717) is 0 Å². The van der Waals surface area contributed by atoms with Gasteiger partial charge in [0.25, 0.3) is 0 Å². The first-order valence-corrected chi connectivity index (χ1v) is 3.91. The molecule has 0 radical (unpaired) electrons. The van der Waals surface area contributed by atoms with Crippen molar-refractivity contribution in [2.24, 2.45) is 4.99 Å². The Morgan fingerprint density at radius 1 is 1.54 bits per heavy atom. The Hall–Kier alpha value is -1.64. The second-order valence-electron chi connectivity index (χ2n) is 2.62. The van der Waals surface area contributed by atoms with Crippen molar-refractivity contribution in [2.45, 2.75) is 6.92 Å². The van der Waals surface area contributed by atoms with Crippen molar-refractivity contribution in [1.29, 1.82) is 0 Å². The SMILES string of the molecule is COC(=O)C=Nc1cccc(C)c1. The number of esters is 1. The predicted octanol–water partition coefficient (Wildman–Crippen LogP) is 1.87. The van der Waals surface area contributed by atoms with Crippen molar-refractivity contribution in [1.82, 2.24) is 0 Å². The normalized spacial score (nSPS) is 10.3. The molecular formula is C10H11NO2. The molecule has 1 aromatic carbocycles. The third kappa shape index (κ3) is 3.07. The molecule has 0 saturated carbocycles. The number of carbonyl (C=O) groups is 1. The average Bonchev–Trinajstić information content (AvgIpc) is 2.14. The van der Waals surface area contributed by atoms with E-state index in [0.717, 1.165) is 17.5 Å². The van der Waals surface area contributed by atoms with Crippen molar-refractivity contribution < 1.29 is 9.53 Å². The number of aryl methyl sites for hydroxylation is 1. The van der Waals surface area contributed by atoms with Crippen LogP contribution in [0.15, 0.2) is 29.3 Å². The number of benzene rings is 1. The maximum atomic E-state index is 10.7. The number of carbonyl (C=O) groups excluding carboxylic acids is 1. The molecule has 13 heavy (non-hydrogen) atoms. The Labute approximate surface area is 77.1 Å². The second-order valence-corrected chi connectivity index (χ2v) is 2.62. The summed E-state index contributed by atoms with van der Waals surface area (Å²) in [6.07, 6.45) is 1.16. The Kier molecular flexibility index (Phi) is 3.20. The van der Waals surface area contributed by atoms with Gasteiger partial charge in [-0.15, -0.1) is 0 Å². The number of rotatable bonds is 2. The molecule has 0 N–H and O–H groups in total. The minimum atomic E-state index is -0.443. The van der Waals surface area contributed by atoms with Gasteiger partial charge in [-0.05, 0) is 24.6 Å². The molecule has 1 rings (SSSR count). The molecule has 68 valence electrons. The zero-order valence-electron chi connectivity index (χ0n) is 7.65. The highest BCUT2D eigenvalue weighted by Gasteiger charge is 1.92. The van der Waals surface area contributed by atoms with Crippen molar-refractivity contribution in [3.63, 3.8) is 0 Å². The fourth-order valence-corrected chi connectivity index (χ4v) is 0.888. The van der Waals surface area contributed by atoms with Crippen LogP contribution in [0.25, 0.3) is 0 Å². The molecule has 0 heterocycles. The van der Waals surface area contributed by atoms with E-state index in [4.69, 9.17) is 0 Å². The first-order chi connectivity index (χ1) is 6.22. The molecule has 0 aliphatic rings. The molecule has 0 aromatic heterocycles. The molecule has 0 aliphatic carbocycles. The van der Waals surface area contributed by atoms with Gasteiger partial charge in [0.2, 0.25) is 0 Å². The van der Waals surface area contributed by atoms with Gasteiger partial charge in [0.15, 0.2) is 0 Å². The van der Waals surface area contributed by atoms with Crippen LogP contribution in [0.2, 0.25) is 0 Å². The monoisotopic (exact) mass is 177 g/mol. The highest BCUT2D eigenvalue weighted by molar-refractivity contribution is 6.23. The third-order valence-corrected chi connectivity index (χ3v) is 1.52. The average molecular weight is 177 g/mol. The number of hydrogen-bond acceptors (Lipinski definition) is 3. The van der Waals surface area contributed by atoms with Crippen LogP contribution in [-0.4, -0.2) is 19.3 Å². The van der Waals surface area contributed by atoms with Crippen LogP contribution < -0.4 is 0 Å². The molecule has 0 amide bonds. The summed E-state index contributed by atoms with van der Waals surface area (Å²) >= 11 is 0. The smallest absolute Gasteiger partial charge is 0.349 e. The quantitative estimate of drug-likeness (QED) is 0.511. The first kappa shape index (κ1) is 9.45. The molecule has 3 heteroatoms. The predicted molar refractivity (Wildman–Crippen MR) is 51.3 cm³/mol. The van der Waals surface area contributed by atoms with Gasteiger partial charge in [0.1, 0.15) is 6.21 Å². The Morgan fingerprint density at radius 2 is 2.31 bits per heavy atom.